The molecule has 1 fully saturated rings. The minimum atomic E-state index is 0.628. The van der Waals surface area contributed by atoms with Crippen molar-refractivity contribution in [2.75, 3.05) is 33.2 Å². The molecule has 1 aliphatic carbocycles. The predicted octanol–water partition coefficient (Wildman–Crippen LogP) is 1.30. The van der Waals surface area contributed by atoms with Crippen LogP contribution in [0, 0.1) is 0 Å². The minimum Gasteiger partial charge on any atom is -0.304 e. The zero-order valence-corrected chi connectivity index (χ0v) is 11.2. The quantitative estimate of drug-likeness (QED) is 0.847. The molecule has 1 atom stereocenters. The van der Waals surface area contributed by atoms with Crippen LogP contribution in [0.3, 0.4) is 0 Å². The molecule has 0 saturated carbocycles. The molecule has 1 aliphatic heterocycles. The Morgan fingerprint density at radius 1 is 1.06 bits per heavy atom. The number of aryl methyl sites for hydroxylation is 1. The predicted molar refractivity (Wildman–Crippen MR) is 74.5 cm³/mol. The lowest BCUT2D eigenvalue weighted by Crippen LogP contribution is -2.54. The molecule has 1 N–H and O–H groups in total. The number of piperazine rings is 1. The van der Waals surface area contributed by atoms with Gasteiger partial charge in [-0.15, -0.1) is 0 Å². The molecule has 1 aromatic rings. The zero-order chi connectivity index (χ0) is 12.4. The van der Waals surface area contributed by atoms with E-state index in [1.165, 1.54) is 37.9 Å². The van der Waals surface area contributed by atoms with E-state index >= 15 is 0 Å². The summed E-state index contributed by atoms with van der Waals surface area (Å²) in [6.07, 6.45) is 3.67. The lowest BCUT2D eigenvalue weighted by Gasteiger charge is -2.36. The van der Waals surface area contributed by atoms with Gasteiger partial charge in [0.2, 0.25) is 0 Å². The Kier molecular flexibility index (Phi) is 3.64. The zero-order valence-electron chi connectivity index (χ0n) is 11.2. The van der Waals surface area contributed by atoms with Gasteiger partial charge in [-0.05, 0) is 37.4 Å². The normalized spacial score (nSPS) is 25.9. The summed E-state index contributed by atoms with van der Waals surface area (Å²) in [6, 6.07) is 9.52. The maximum absolute atomic E-state index is 3.73. The molecule has 0 aromatic heterocycles. The molecule has 0 spiro atoms. The van der Waals surface area contributed by atoms with Crippen LogP contribution in [0.4, 0.5) is 0 Å². The first-order valence-corrected chi connectivity index (χ1v) is 7.08. The monoisotopic (exact) mass is 245 g/mol. The van der Waals surface area contributed by atoms with Crippen LogP contribution in [0.5, 0.6) is 0 Å². The first kappa shape index (κ1) is 12.2. The Labute approximate surface area is 110 Å². The second-order valence-corrected chi connectivity index (χ2v) is 5.63. The van der Waals surface area contributed by atoms with Crippen molar-refractivity contribution in [3.63, 3.8) is 0 Å². The Morgan fingerprint density at radius 3 is 2.56 bits per heavy atom. The summed E-state index contributed by atoms with van der Waals surface area (Å²) in [4.78, 5) is 2.40. The second-order valence-electron chi connectivity index (χ2n) is 5.63. The van der Waals surface area contributed by atoms with E-state index in [4.69, 9.17) is 0 Å². The van der Waals surface area contributed by atoms with Crippen LogP contribution in [-0.2, 0) is 12.8 Å². The van der Waals surface area contributed by atoms with Gasteiger partial charge >= 0.3 is 0 Å². The van der Waals surface area contributed by atoms with Gasteiger partial charge in [-0.1, -0.05) is 24.3 Å². The van der Waals surface area contributed by atoms with Gasteiger partial charge in [-0.3, -0.25) is 5.43 Å². The van der Waals surface area contributed by atoms with Crippen molar-refractivity contribution in [1.82, 2.24) is 15.3 Å². The van der Waals surface area contributed by atoms with Gasteiger partial charge in [-0.2, -0.15) is 0 Å². The fraction of sp³-hybridized carbons (Fsp3) is 0.600. The molecule has 3 rings (SSSR count). The molecule has 0 amide bonds. The summed E-state index contributed by atoms with van der Waals surface area (Å²) in [5, 5.41) is 2.42. The molecule has 0 radical (unpaired) electrons. The van der Waals surface area contributed by atoms with E-state index in [-0.39, 0.29) is 0 Å². The van der Waals surface area contributed by atoms with Gasteiger partial charge in [0, 0.05) is 32.2 Å². The van der Waals surface area contributed by atoms with Crippen LogP contribution >= 0.6 is 0 Å². The average Bonchev–Trinajstić information content (AvgIpc) is 2.41. The van der Waals surface area contributed by atoms with Crippen LogP contribution in [0.25, 0.3) is 0 Å². The van der Waals surface area contributed by atoms with E-state index in [0.717, 1.165) is 13.1 Å². The van der Waals surface area contributed by atoms with Gasteiger partial charge in [0.25, 0.3) is 0 Å². The topological polar surface area (TPSA) is 18.5 Å². The Hall–Kier alpha value is -0.900. The van der Waals surface area contributed by atoms with E-state index in [1.807, 2.05) is 0 Å². The third-order valence-corrected chi connectivity index (χ3v) is 4.22. The highest BCUT2D eigenvalue weighted by molar-refractivity contribution is 5.30. The number of likely N-dealkylation sites (N-methyl/N-ethyl adjacent to an activating group) is 1. The number of nitrogens with zero attached hydrogens (tertiary/aromatic N) is 2. The summed E-state index contributed by atoms with van der Waals surface area (Å²) >= 11 is 0. The number of hydrazine groups is 1. The minimum absolute atomic E-state index is 0.628. The van der Waals surface area contributed by atoms with E-state index in [2.05, 4.69) is 46.6 Å². The summed E-state index contributed by atoms with van der Waals surface area (Å²) in [5.74, 6) is 0. The molecule has 0 bridgehead atoms. The van der Waals surface area contributed by atoms with E-state index in [9.17, 15) is 0 Å². The van der Waals surface area contributed by atoms with Crippen molar-refractivity contribution in [3.8, 4) is 0 Å². The van der Waals surface area contributed by atoms with Gasteiger partial charge < -0.3 is 4.90 Å². The highest BCUT2D eigenvalue weighted by atomic mass is 15.5. The van der Waals surface area contributed by atoms with Crippen LogP contribution in [-0.4, -0.2) is 49.2 Å². The first-order chi connectivity index (χ1) is 8.81. The van der Waals surface area contributed by atoms with E-state index in [1.54, 1.807) is 5.56 Å². The average molecular weight is 245 g/mol. The van der Waals surface area contributed by atoms with Crippen molar-refractivity contribution in [2.45, 2.75) is 25.3 Å². The molecule has 98 valence electrons. The highest BCUT2D eigenvalue weighted by Gasteiger charge is 2.21. The maximum atomic E-state index is 3.73. The number of nitrogens with one attached hydrogen (secondary N) is 1. The highest BCUT2D eigenvalue weighted by Crippen LogP contribution is 2.21. The van der Waals surface area contributed by atoms with Gasteiger partial charge in [0.15, 0.2) is 0 Å². The SMILES string of the molecule is CN1CCN(N[C@@H]2CCc3ccccc3C2)CC1. The van der Waals surface area contributed by atoms with Crippen LogP contribution in [0.1, 0.15) is 17.5 Å². The Morgan fingerprint density at radius 2 is 1.78 bits per heavy atom. The van der Waals surface area contributed by atoms with Crippen molar-refractivity contribution < 1.29 is 0 Å². The Bertz CT molecular complexity index is 396. The molecule has 3 nitrogen and oxygen atoms in total. The van der Waals surface area contributed by atoms with Crippen LogP contribution < -0.4 is 5.43 Å². The van der Waals surface area contributed by atoms with Crippen molar-refractivity contribution in [2.24, 2.45) is 0 Å². The lowest BCUT2D eigenvalue weighted by molar-refractivity contribution is 0.0836. The summed E-state index contributed by atoms with van der Waals surface area (Å²) in [5.41, 5.74) is 6.81. The summed E-state index contributed by atoms with van der Waals surface area (Å²) in [6.45, 7) is 4.65. The number of hydrogen-bond donors (Lipinski definition) is 1. The fourth-order valence-corrected chi connectivity index (χ4v) is 3.00. The lowest BCUT2D eigenvalue weighted by atomic mass is 9.89. The number of hydrogen-bond acceptors (Lipinski definition) is 3. The molecule has 0 unspecified atom stereocenters. The molecule has 18 heavy (non-hydrogen) atoms. The van der Waals surface area contributed by atoms with Crippen LogP contribution in [0.2, 0.25) is 0 Å². The molecular weight excluding hydrogens is 222 g/mol. The Balaban J connectivity index is 1.56. The maximum Gasteiger partial charge on any atom is 0.0259 e. The molecular formula is C15H23N3. The number of benzene rings is 1. The summed E-state index contributed by atoms with van der Waals surface area (Å²) in [7, 11) is 2.20. The van der Waals surface area contributed by atoms with E-state index < -0.39 is 0 Å². The third-order valence-electron chi connectivity index (χ3n) is 4.22. The van der Waals surface area contributed by atoms with Gasteiger partial charge in [0.1, 0.15) is 0 Å². The van der Waals surface area contributed by atoms with Gasteiger partial charge in [-0.25, -0.2) is 5.01 Å². The molecule has 1 aromatic carbocycles. The van der Waals surface area contributed by atoms with Crippen LogP contribution in [0.15, 0.2) is 24.3 Å². The third kappa shape index (κ3) is 2.74. The second kappa shape index (κ2) is 5.39. The fourth-order valence-electron chi connectivity index (χ4n) is 3.00. The number of fused-ring (bicyclic) bond motifs is 1. The van der Waals surface area contributed by atoms with Gasteiger partial charge in [0.05, 0.1) is 0 Å². The molecule has 1 heterocycles. The van der Waals surface area contributed by atoms with Crippen molar-refractivity contribution in [3.05, 3.63) is 35.4 Å². The smallest absolute Gasteiger partial charge is 0.0259 e. The largest absolute Gasteiger partial charge is 0.304 e. The first-order valence-electron chi connectivity index (χ1n) is 7.08. The molecule has 3 heteroatoms. The number of rotatable bonds is 2. The summed E-state index contributed by atoms with van der Waals surface area (Å²) < 4.78 is 0. The van der Waals surface area contributed by atoms with E-state index in [0.29, 0.717) is 6.04 Å². The standard InChI is InChI=1S/C15H23N3/c1-17-8-10-18(11-9-17)16-15-7-6-13-4-2-3-5-14(13)12-15/h2-5,15-16H,6-12H2,1H3/t15-/m1/s1. The molecule has 1 saturated heterocycles. The van der Waals surface area contributed by atoms with Crippen molar-refractivity contribution in [1.29, 1.82) is 0 Å². The molecule has 2 aliphatic rings. The van der Waals surface area contributed by atoms with Crippen molar-refractivity contribution >= 4 is 0 Å².